The number of halogens is 14. The Kier molecular flexibility index (Phi) is 42.2. The highest BCUT2D eigenvalue weighted by Gasteiger charge is 2.33. The molecule has 4 aromatic rings. The normalized spacial score (nSPS) is 12.5. The Labute approximate surface area is 490 Å². The summed E-state index contributed by atoms with van der Waals surface area (Å²) in [5, 5.41) is 7.79. The molecule has 0 aliphatic carbocycles. The monoisotopic (exact) mass is 1240 g/mol. The SMILES string of the molecule is CCCC[C@H](C)CN.CCCC[C@H](C)CNC(=O)c1cccc(C(F)(F)F)c1.NCCC[C@H](N)CNC(=O)c1cccc(C(F)(F)F)c1.O=COc1cccc(C(F)(F)F)c1.[Cl-].[Cl-].[NH3+]CCC[C@H]([NH3+])CNC(=O)c1cccc(C(F)(F)F)c1. The van der Waals surface area contributed by atoms with Crippen LogP contribution >= 0.6 is 0 Å². The lowest BCUT2D eigenvalue weighted by Gasteiger charge is -2.13. The van der Waals surface area contributed by atoms with Gasteiger partial charge in [0.2, 0.25) is 0 Å². The molecule has 0 unspecified atom stereocenters. The molecule has 13 nitrogen and oxygen atoms in total. The van der Waals surface area contributed by atoms with E-state index in [0.717, 1.165) is 106 Å². The predicted octanol–water partition coefficient (Wildman–Crippen LogP) is 3.85. The minimum absolute atomic E-state index is 0. The minimum Gasteiger partial charge on any atom is -1.00 e. The molecule has 0 saturated heterocycles. The third kappa shape index (κ3) is 37.3. The van der Waals surface area contributed by atoms with E-state index in [4.69, 9.17) is 17.2 Å². The lowest BCUT2D eigenvalue weighted by molar-refractivity contribution is -0.423. The van der Waals surface area contributed by atoms with E-state index in [1.165, 1.54) is 67.8 Å². The maximum atomic E-state index is 12.6. The number of amides is 3. The van der Waals surface area contributed by atoms with Crippen LogP contribution in [0.5, 0.6) is 5.75 Å². The first-order valence-electron chi connectivity index (χ1n) is 26.3. The third-order valence-electron chi connectivity index (χ3n) is 11.5. The summed E-state index contributed by atoms with van der Waals surface area (Å²) in [6.07, 6.45) is -7.53. The standard InChI is InChI=1S/C15H20F3NO.2C13H18F3N3O.C8H5F3O2.C7H17N.2ClH/c1-3-4-6-11(2)10-19-14(20)12-7-5-8-13(9-12)15(16,17)18;2*14-13(15,16)10-4-1-3-9(7-10)12(20)19-8-11(18)5-2-6-17;9-8(10,11)6-2-1-3-7(4-6)13-5-12;1-3-4-5-7(2)6-8;;/h5,7-9,11H,3-4,6,10H2,1-2H3,(H,19,20);2*1,3-4,7,11H,2,5-6,8,17-18H2,(H,19,20);1-5H;7H,3-6,8H2,1-2H3;2*1H/t3*11-;;7-;;/m000.0../s1. The minimum atomic E-state index is -4.46. The van der Waals surface area contributed by atoms with Crippen molar-refractivity contribution in [3.05, 3.63) is 136 Å². The molecule has 4 rings (SSSR count). The Morgan fingerprint density at radius 2 is 0.916 bits per heavy atom. The van der Waals surface area contributed by atoms with E-state index in [1.54, 1.807) is 0 Å². The third-order valence-corrected chi connectivity index (χ3v) is 11.5. The molecule has 4 aromatic carbocycles. The number of quaternary nitrogens is 2. The van der Waals surface area contributed by atoms with Gasteiger partial charge >= 0.3 is 24.7 Å². The van der Waals surface area contributed by atoms with E-state index in [0.29, 0.717) is 32.0 Å². The smallest absolute Gasteiger partial charge is 0.416 e. The number of rotatable bonds is 24. The van der Waals surface area contributed by atoms with Crippen molar-refractivity contribution in [1.82, 2.24) is 16.0 Å². The van der Waals surface area contributed by atoms with Crippen LogP contribution in [0.3, 0.4) is 0 Å². The van der Waals surface area contributed by atoms with Crippen LogP contribution in [-0.2, 0) is 29.5 Å². The van der Waals surface area contributed by atoms with E-state index < -0.39 is 64.7 Å². The number of ether oxygens (including phenoxy) is 1. The first kappa shape index (κ1) is 81.5. The summed E-state index contributed by atoms with van der Waals surface area (Å²) in [5.74, 6) is -0.609. The number of unbranched alkanes of at least 4 members (excludes halogenated alkanes) is 2. The number of hydrogen-bond donors (Lipinski definition) is 8. The van der Waals surface area contributed by atoms with Crippen LogP contribution < -0.4 is 74.2 Å². The number of carbonyl (C=O) groups excluding carboxylic acids is 4. The number of nitrogens with two attached hydrogens (primary N) is 3. The van der Waals surface area contributed by atoms with Crippen LogP contribution in [0.15, 0.2) is 97.1 Å². The summed E-state index contributed by atoms with van der Waals surface area (Å²) in [5.41, 5.74) is 20.8. The van der Waals surface area contributed by atoms with E-state index in [1.807, 2.05) is 6.92 Å². The average molecular weight is 1240 g/mol. The molecule has 472 valence electrons. The quantitative estimate of drug-likeness (QED) is 0.0378. The lowest BCUT2D eigenvalue weighted by atomic mass is 10.0. The molecule has 0 bridgehead atoms. The summed E-state index contributed by atoms with van der Waals surface area (Å²) < 4.78 is 153. The van der Waals surface area contributed by atoms with Gasteiger partial charge in [-0.2, -0.15) is 52.7 Å². The molecule has 27 heteroatoms. The topological polar surface area (TPSA) is 247 Å². The molecule has 3 amide bonds. The summed E-state index contributed by atoms with van der Waals surface area (Å²) in [6.45, 7) is 11.8. The summed E-state index contributed by atoms with van der Waals surface area (Å²) in [4.78, 5) is 45.2. The molecule has 0 fully saturated rings. The van der Waals surface area contributed by atoms with Crippen molar-refractivity contribution in [3.8, 4) is 5.75 Å². The number of carbonyl (C=O) groups is 4. The van der Waals surface area contributed by atoms with Gasteiger partial charge < -0.3 is 74.2 Å². The molecule has 83 heavy (non-hydrogen) atoms. The van der Waals surface area contributed by atoms with E-state index in [-0.39, 0.29) is 72.4 Å². The van der Waals surface area contributed by atoms with E-state index >= 15 is 0 Å². The summed E-state index contributed by atoms with van der Waals surface area (Å²) in [7, 11) is 0. The molecule has 4 atom stereocenters. The highest BCUT2D eigenvalue weighted by molar-refractivity contribution is 5.95. The number of alkyl halides is 12. The van der Waals surface area contributed by atoms with Gasteiger partial charge in [-0.25, -0.2) is 0 Å². The largest absolute Gasteiger partial charge is 1.00 e. The maximum Gasteiger partial charge on any atom is 0.416 e. The highest BCUT2D eigenvalue weighted by Crippen LogP contribution is 2.33. The Balaban J connectivity index is -0.000000985. The first-order chi connectivity index (χ1) is 37.9. The van der Waals surface area contributed by atoms with Crippen LogP contribution in [-0.4, -0.2) is 75.5 Å². The first-order valence-corrected chi connectivity index (χ1v) is 26.3. The zero-order valence-corrected chi connectivity index (χ0v) is 48.4. The maximum absolute atomic E-state index is 12.6. The van der Waals surface area contributed by atoms with Gasteiger partial charge in [-0.05, 0) is 123 Å². The lowest BCUT2D eigenvalue weighted by Crippen LogP contribution is -3.00. The van der Waals surface area contributed by atoms with Crippen molar-refractivity contribution in [1.29, 1.82) is 0 Å². The second-order valence-electron chi connectivity index (χ2n) is 18.9. The zero-order chi connectivity index (χ0) is 61.8. The van der Waals surface area contributed by atoms with Crippen molar-refractivity contribution in [3.63, 3.8) is 0 Å². The average Bonchev–Trinajstić information content (AvgIpc) is 3.51. The molecular formula is C56H80Cl2F12N8O5. The molecule has 0 aliphatic rings. The summed E-state index contributed by atoms with van der Waals surface area (Å²) in [6, 6.07) is 17.0. The van der Waals surface area contributed by atoms with E-state index in [2.05, 4.69) is 52.9 Å². The van der Waals surface area contributed by atoms with Crippen molar-refractivity contribution in [2.45, 2.75) is 129 Å². The van der Waals surface area contributed by atoms with Gasteiger partial charge in [-0.1, -0.05) is 77.6 Å². The number of benzene rings is 4. The van der Waals surface area contributed by atoms with Crippen molar-refractivity contribution in [2.75, 3.05) is 39.3 Å². The Morgan fingerprint density at radius 3 is 1.28 bits per heavy atom. The van der Waals surface area contributed by atoms with Gasteiger partial charge in [0.15, 0.2) is 0 Å². The molecule has 0 aliphatic heterocycles. The van der Waals surface area contributed by atoms with Crippen LogP contribution in [0.25, 0.3) is 0 Å². The van der Waals surface area contributed by atoms with Crippen LogP contribution in [0.1, 0.15) is 145 Å². The van der Waals surface area contributed by atoms with Crippen LogP contribution in [0.4, 0.5) is 52.7 Å². The van der Waals surface area contributed by atoms with Gasteiger partial charge in [0.05, 0.1) is 35.3 Å². The second kappa shape index (κ2) is 43.0. The van der Waals surface area contributed by atoms with Crippen LogP contribution in [0.2, 0.25) is 0 Å². The fourth-order valence-electron chi connectivity index (χ4n) is 6.69. The fraction of sp³-hybridized carbons (Fsp3) is 0.500. The highest BCUT2D eigenvalue weighted by atomic mass is 35.5. The predicted molar refractivity (Wildman–Crippen MR) is 286 cm³/mol. The number of nitrogens with one attached hydrogen (secondary N) is 3. The van der Waals surface area contributed by atoms with Gasteiger partial charge in [0.25, 0.3) is 24.2 Å². The van der Waals surface area contributed by atoms with Crippen LogP contribution in [0, 0.1) is 11.8 Å². The Bertz CT molecular complexity index is 2220. The molecule has 0 saturated carbocycles. The molecule has 15 N–H and O–H groups in total. The second-order valence-corrected chi connectivity index (χ2v) is 18.9. The zero-order valence-electron chi connectivity index (χ0n) is 46.9. The molecular weight excluding hydrogens is 1160 g/mol. The molecule has 0 aromatic heterocycles. The van der Waals surface area contributed by atoms with Gasteiger partial charge in [-0.15, -0.1) is 0 Å². The van der Waals surface area contributed by atoms with Gasteiger partial charge in [0, 0.05) is 48.7 Å². The Morgan fingerprint density at radius 1 is 0.542 bits per heavy atom. The van der Waals surface area contributed by atoms with Crippen molar-refractivity contribution >= 4 is 24.2 Å². The molecule has 0 radical (unpaired) electrons. The van der Waals surface area contributed by atoms with Gasteiger partial charge in [0.1, 0.15) is 11.8 Å². The molecule has 0 heterocycles. The fourth-order valence-corrected chi connectivity index (χ4v) is 6.69. The van der Waals surface area contributed by atoms with Crippen molar-refractivity contribution < 1.29 is 113 Å². The Hall–Kier alpha value is -5.70. The van der Waals surface area contributed by atoms with E-state index in [9.17, 15) is 71.9 Å². The summed E-state index contributed by atoms with van der Waals surface area (Å²) >= 11 is 0. The van der Waals surface area contributed by atoms with Crippen molar-refractivity contribution in [2.24, 2.45) is 29.0 Å². The number of hydrogen-bond acceptors (Lipinski definition) is 8. The van der Waals surface area contributed by atoms with Gasteiger partial charge in [-0.3, -0.25) is 19.2 Å². The molecule has 0 spiro atoms.